The number of hydrogen-bond donors (Lipinski definition) is 1. The predicted octanol–water partition coefficient (Wildman–Crippen LogP) is 3.62. The number of nitrogens with one attached hydrogen (secondary N) is 1. The van der Waals surface area contributed by atoms with Crippen molar-refractivity contribution in [3.05, 3.63) is 35.9 Å². The lowest BCUT2D eigenvalue weighted by Crippen LogP contribution is -2.29. The lowest BCUT2D eigenvalue weighted by molar-refractivity contribution is 0.00424. The molecule has 0 aromatic heterocycles. The monoisotopic (exact) mass is 261 g/mol. The molecule has 106 valence electrons. The molecular formula is C17H27NO. The smallest absolute Gasteiger partial charge is 0.0594 e. The van der Waals surface area contributed by atoms with Gasteiger partial charge in [-0.15, -0.1) is 0 Å². The Morgan fingerprint density at radius 3 is 2.63 bits per heavy atom. The van der Waals surface area contributed by atoms with Crippen LogP contribution in [0.25, 0.3) is 0 Å². The van der Waals surface area contributed by atoms with E-state index in [1.165, 1.54) is 24.8 Å². The Labute approximate surface area is 117 Å². The van der Waals surface area contributed by atoms with Gasteiger partial charge in [0.1, 0.15) is 0 Å². The van der Waals surface area contributed by atoms with Gasteiger partial charge in [0, 0.05) is 13.1 Å². The van der Waals surface area contributed by atoms with Crippen LogP contribution in [-0.4, -0.2) is 19.3 Å². The fourth-order valence-electron chi connectivity index (χ4n) is 2.78. The van der Waals surface area contributed by atoms with Crippen LogP contribution in [-0.2, 0) is 11.3 Å². The number of ether oxygens (including phenoxy) is 1. The van der Waals surface area contributed by atoms with Crippen molar-refractivity contribution < 1.29 is 4.74 Å². The molecule has 1 saturated carbocycles. The normalized spacial score (nSPS) is 27.4. The van der Waals surface area contributed by atoms with Gasteiger partial charge in [-0.2, -0.15) is 0 Å². The molecule has 0 spiro atoms. The van der Waals surface area contributed by atoms with Crippen LogP contribution in [0.3, 0.4) is 0 Å². The third-order valence-electron chi connectivity index (χ3n) is 4.35. The third-order valence-corrected chi connectivity index (χ3v) is 4.35. The Morgan fingerprint density at radius 1 is 1.11 bits per heavy atom. The Hall–Kier alpha value is -0.860. The average molecular weight is 261 g/mol. The largest absolute Gasteiger partial charge is 0.377 e. The lowest BCUT2D eigenvalue weighted by atomic mass is 9.80. The van der Waals surface area contributed by atoms with Gasteiger partial charge >= 0.3 is 0 Å². The first kappa shape index (κ1) is 14.5. The number of hydrogen-bond acceptors (Lipinski definition) is 2. The summed E-state index contributed by atoms with van der Waals surface area (Å²) in [5.41, 5.74) is 1.34. The van der Waals surface area contributed by atoms with E-state index in [9.17, 15) is 0 Å². The molecule has 0 heterocycles. The van der Waals surface area contributed by atoms with Crippen LogP contribution >= 0.6 is 0 Å². The molecule has 0 radical (unpaired) electrons. The fraction of sp³-hybridized carbons (Fsp3) is 0.647. The highest BCUT2D eigenvalue weighted by atomic mass is 16.5. The second-order valence-electron chi connectivity index (χ2n) is 5.92. The summed E-state index contributed by atoms with van der Waals surface area (Å²) >= 11 is 0. The van der Waals surface area contributed by atoms with Crippen molar-refractivity contribution in [3.8, 4) is 0 Å². The molecule has 1 aliphatic rings. The number of benzene rings is 1. The van der Waals surface area contributed by atoms with Crippen LogP contribution < -0.4 is 5.32 Å². The summed E-state index contributed by atoms with van der Waals surface area (Å²) in [5, 5.41) is 3.44. The minimum atomic E-state index is 0.490. The minimum Gasteiger partial charge on any atom is -0.377 e. The summed E-state index contributed by atoms with van der Waals surface area (Å²) in [7, 11) is 0. The standard InChI is InChI=1S/C17H27NO/c1-14-8-9-17(12-15(14)2)19-11-10-18-13-16-6-4-3-5-7-16/h3-7,14-15,17-18H,8-13H2,1-2H3. The van der Waals surface area contributed by atoms with Crippen molar-refractivity contribution >= 4 is 0 Å². The Morgan fingerprint density at radius 2 is 1.89 bits per heavy atom. The molecule has 19 heavy (non-hydrogen) atoms. The van der Waals surface area contributed by atoms with E-state index in [2.05, 4.69) is 49.5 Å². The lowest BCUT2D eigenvalue weighted by Gasteiger charge is -2.32. The Balaban J connectivity index is 1.55. The molecule has 1 fully saturated rings. The Bertz CT molecular complexity index is 352. The molecule has 3 atom stereocenters. The van der Waals surface area contributed by atoms with Crippen molar-refractivity contribution in [2.75, 3.05) is 13.2 Å². The molecule has 0 aliphatic heterocycles. The van der Waals surface area contributed by atoms with E-state index in [0.29, 0.717) is 6.10 Å². The molecule has 1 aliphatic carbocycles. The maximum Gasteiger partial charge on any atom is 0.0594 e. The highest BCUT2D eigenvalue weighted by molar-refractivity contribution is 5.14. The van der Waals surface area contributed by atoms with E-state index in [0.717, 1.165) is 31.5 Å². The van der Waals surface area contributed by atoms with E-state index in [1.54, 1.807) is 0 Å². The quantitative estimate of drug-likeness (QED) is 0.790. The van der Waals surface area contributed by atoms with Crippen LogP contribution in [0, 0.1) is 11.8 Å². The Kier molecular flexibility index (Phi) is 5.87. The van der Waals surface area contributed by atoms with Crippen molar-refractivity contribution in [2.24, 2.45) is 11.8 Å². The molecule has 0 amide bonds. The molecule has 1 aromatic carbocycles. The predicted molar refractivity (Wildman–Crippen MR) is 80.1 cm³/mol. The van der Waals surface area contributed by atoms with Gasteiger partial charge in [0.25, 0.3) is 0 Å². The molecule has 2 rings (SSSR count). The summed E-state index contributed by atoms with van der Waals surface area (Å²) in [6.07, 6.45) is 4.29. The maximum atomic E-state index is 5.98. The van der Waals surface area contributed by atoms with E-state index < -0.39 is 0 Å². The van der Waals surface area contributed by atoms with E-state index >= 15 is 0 Å². The van der Waals surface area contributed by atoms with Crippen molar-refractivity contribution in [2.45, 2.75) is 45.8 Å². The fourth-order valence-corrected chi connectivity index (χ4v) is 2.78. The topological polar surface area (TPSA) is 21.3 Å². The first-order chi connectivity index (χ1) is 9.25. The second kappa shape index (κ2) is 7.66. The first-order valence-corrected chi connectivity index (χ1v) is 7.62. The maximum absolute atomic E-state index is 5.98. The highest BCUT2D eigenvalue weighted by Gasteiger charge is 2.24. The van der Waals surface area contributed by atoms with E-state index in [-0.39, 0.29) is 0 Å². The van der Waals surface area contributed by atoms with E-state index in [4.69, 9.17) is 4.74 Å². The SMILES string of the molecule is CC1CCC(OCCNCc2ccccc2)CC1C. The summed E-state index contributed by atoms with van der Waals surface area (Å²) in [5.74, 6) is 1.69. The van der Waals surface area contributed by atoms with Gasteiger partial charge in [0.2, 0.25) is 0 Å². The molecule has 0 bridgehead atoms. The molecule has 2 nitrogen and oxygen atoms in total. The zero-order valence-corrected chi connectivity index (χ0v) is 12.3. The summed E-state index contributed by atoms with van der Waals surface area (Å²) in [6.45, 7) is 7.42. The van der Waals surface area contributed by atoms with Crippen LogP contribution in [0.2, 0.25) is 0 Å². The van der Waals surface area contributed by atoms with Crippen LogP contribution in [0.4, 0.5) is 0 Å². The summed E-state index contributed by atoms with van der Waals surface area (Å²) < 4.78 is 5.98. The zero-order chi connectivity index (χ0) is 13.5. The zero-order valence-electron chi connectivity index (χ0n) is 12.3. The van der Waals surface area contributed by atoms with Crippen LogP contribution in [0.1, 0.15) is 38.7 Å². The van der Waals surface area contributed by atoms with Gasteiger partial charge in [0.15, 0.2) is 0 Å². The van der Waals surface area contributed by atoms with Gasteiger partial charge in [-0.05, 0) is 36.7 Å². The second-order valence-corrected chi connectivity index (χ2v) is 5.92. The molecular weight excluding hydrogens is 234 g/mol. The molecule has 0 saturated heterocycles. The van der Waals surface area contributed by atoms with Gasteiger partial charge < -0.3 is 10.1 Å². The van der Waals surface area contributed by atoms with Gasteiger partial charge in [-0.3, -0.25) is 0 Å². The van der Waals surface area contributed by atoms with Gasteiger partial charge in [0.05, 0.1) is 12.7 Å². The average Bonchev–Trinajstić information content (AvgIpc) is 2.43. The number of rotatable bonds is 6. The third kappa shape index (κ3) is 4.96. The van der Waals surface area contributed by atoms with Crippen molar-refractivity contribution in [1.29, 1.82) is 0 Å². The van der Waals surface area contributed by atoms with Gasteiger partial charge in [-0.1, -0.05) is 44.2 Å². The molecule has 3 unspecified atom stereocenters. The van der Waals surface area contributed by atoms with E-state index in [1.807, 2.05) is 0 Å². The van der Waals surface area contributed by atoms with Crippen LogP contribution in [0.15, 0.2) is 30.3 Å². The summed E-state index contributed by atoms with van der Waals surface area (Å²) in [4.78, 5) is 0. The summed E-state index contributed by atoms with van der Waals surface area (Å²) in [6, 6.07) is 10.5. The van der Waals surface area contributed by atoms with Crippen molar-refractivity contribution in [3.63, 3.8) is 0 Å². The highest BCUT2D eigenvalue weighted by Crippen LogP contribution is 2.30. The van der Waals surface area contributed by atoms with Gasteiger partial charge in [-0.25, -0.2) is 0 Å². The minimum absolute atomic E-state index is 0.490. The van der Waals surface area contributed by atoms with Crippen molar-refractivity contribution in [1.82, 2.24) is 5.32 Å². The molecule has 2 heteroatoms. The first-order valence-electron chi connectivity index (χ1n) is 7.62. The van der Waals surface area contributed by atoms with Crippen LogP contribution in [0.5, 0.6) is 0 Å². The molecule has 1 aromatic rings. The molecule has 1 N–H and O–H groups in total.